The lowest BCUT2D eigenvalue weighted by atomic mass is 10.0. The monoisotopic (exact) mass is 604 g/mol. The molecule has 1 fully saturated rings. The number of nitrogens with zero attached hydrogens (tertiary/aromatic N) is 5. The van der Waals surface area contributed by atoms with Gasteiger partial charge in [0.05, 0.1) is 25.8 Å². The molecule has 0 bridgehead atoms. The number of aryl methyl sites for hydroxylation is 1. The summed E-state index contributed by atoms with van der Waals surface area (Å²) in [6.07, 6.45) is 0. The van der Waals surface area contributed by atoms with Crippen LogP contribution in [0.15, 0.2) is 97.1 Å². The summed E-state index contributed by atoms with van der Waals surface area (Å²) in [5, 5.41) is 11.6. The van der Waals surface area contributed by atoms with Crippen molar-refractivity contribution in [3.63, 3.8) is 0 Å². The van der Waals surface area contributed by atoms with Gasteiger partial charge in [0.15, 0.2) is 0 Å². The Hall–Kier alpha value is -5.22. The minimum atomic E-state index is -0.971. The largest absolute Gasteiger partial charge is 0.497 e. The van der Waals surface area contributed by atoms with Crippen molar-refractivity contribution < 1.29 is 19.1 Å². The molecule has 1 aliphatic heterocycles. The maximum absolute atomic E-state index is 14.3. The average Bonchev–Trinajstić information content (AvgIpc) is 3.48. The fraction of sp³-hybridized carbons (Fsp3) is 0.257. The van der Waals surface area contributed by atoms with Gasteiger partial charge in [0.2, 0.25) is 5.91 Å². The van der Waals surface area contributed by atoms with E-state index >= 15 is 0 Å². The van der Waals surface area contributed by atoms with Gasteiger partial charge in [-0.05, 0) is 72.1 Å². The maximum atomic E-state index is 14.3. The van der Waals surface area contributed by atoms with Gasteiger partial charge in [-0.3, -0.25) is 9.59 Å². The number of anilines is 2. The van der Waals surface area contributed by atoms with E-state index in [1.54, 1.807) is 22.8 Å². The number of amides is 2. The van der Waals surface area contributed by atoms with Crippen molar-refractivity contribution in [3.8, 4) is 5.75 Å². The number of fused-ring (bicyclic) bond motifs is 1. The molecule has 1 N–H and O–H groups in total. The Bertz CT molecular complexity index is 1780. The van der Waals surface area contributed by atoms with E-state index in [9.17, 15) is 9.59 Å². The highest BCUT2D eigenvalue weighted by Gasteiger charge is 2.33. The molecule has 230 valence electrons. The Labute approximate surface area is 262 Å². The lowest BCUT2D eigenvalue weighted by Gasteiger charge is -2.32. The highest BCUT2D eigenvalue weighted by Crippen LogP contribution is 2.30. The van der Waals surface area contributed by atoms with Crippen molar-refractivity contribution in [3.05, 3.63) is 114 Å². The number of aromatic nitrogens is 3. The summed E-state index contributed by atoms with van der Waals surface area (Å²) in [5.41, 5.74) is 5.72. The maximum Gasteiger partial charge on any atom is 0.251 e. The van der Waals surface area contributed by atoms with Crippen LogP contribution >= 0.6 is 0 Å². The molecule has 4 aromatic carbocycles. The summed E-state index contributed by atoms with van der Waals surface area (Å²) in [5.74, 6) is -0.0296. The van der Waals surface area contributed by atoms with E-state index in [-0.39, 0.29) is 24.9 Å². The van der Waals surface area contributed by atoms with Crippen LogP contribution < -0.4 is 15.0 Å². The van der Waals surface area contributed by atoms with Crippen molar-refractivity contribution >= 4 is 34.2 Å². The fourth-order valence-electron chi connectivity index (χ4n) is 5.62. The number of carbonyl (C=O) groups is 2. The van der Waals surface area contributed by atoms with Crippen molar-refractivity contribution in [2.45, 2.75) is 26.1 Å². The Kier molecular flexibility index (Phi) is 9.02. The van der Waals surface area contributed by atoms with Crippen molar-refractivity contribution in [2.75, 3.05) is 43.6 Å². The SMILES string of the molecule is COc1cccc(C(C(=O)Nc2ccc(N3CCOCC3)cc2)N(Cc2ccccc2C)C(=O)Cn2nnc3ccccc32)c1. The highest BCUT2D eigenvalue weighted by atomic mass is 16.5. The number of benzene rings is 4. The molecule has 1 saturated heterocycles. The number of hydrogen-bond acceptors (Lipinski definition) is 7. The van der Waals surface area contributed by atoms with E-state index < -0.39 is 6.04 Å². The lowest BCUT2D eigenvalue weighted by Crippen LogP contribution is -2.42. The van der Waals surface area contributed by atoms with E-state index in [2.05, 4.69) is 20.5 Å². The Morgan fingerprint density at radius 1 is 0.956 bits per heavy atom. The highest BCUT2D eigenvalue weighted by molar-refractivity contribution is 5.98. The van der Waals surface area contributed by atoms with Gasteiger partial charge in [-0.15, -0.1) is 5.10 Å². The summed E-state index contributed by atoms with van der Waals surface area (Å²) in [4.78, 5) is 32.5. The summed E-state index contributed by atoms with van der Waals surface area (Å²) in [6, 6.07) is 29.4. The molecular formula is C35H36N6O4. The van der Waals surface area contributed by atoms with E-state index in [4.69, 9.17) is 9.47 Å². The summed E-state index contributed by atoms with van der Waals surface area (Å²) >= 11 is 0. The van der Waals surface area contributed by atoms with Crippen molar-refractivity contribution in [1.82, 2.24) is 19.9 Å². The molecule has 10 heteroatoms. The second kappa shape index (κ2) is 13.6. The molecule has 6 rings (SSSR count). The second-order valence-electron chi connectivity index (χ2n) is 11.0. The molecule has 0 radical (unpaired) electrons. The Balaban J connectivity index is 1.36. The molecule has 0 spiro atoms. The van der Waals surface area contributed by atoms with Gasteiger partial charge in [0.1, 0.15) is 23.9 Å². The number of nitrogens with one attached hydrogen (secondary N) is 1. The minimum Gasteiger partial charge on any atom is -0.497 e. The van der Waals surface area contributed by atoms with Gasteiger partial charge in [-0.25, -0.2) is 4.68 Å². The molecular weight excluding hydrogens is 568 g/mol. The van der Waals surface area contributed by atoms with Crippen LogP contribution in [0.5, 0.6) is 5.75 Å². The van der Waals surface area contributed by atoms with Crippen molar-refractivity contribution in [1.29, 1.82) is 0 Å². The average molecular weight is 605 g/mol. The zero-order valence-corrected chi connectivity index (χ0v) is 25.4. The molecule has 1 unspecified atom stereocenters. The van der Waals surface area contributed by atoms with E-state index in [0.29, 0.717) is 35.7 Å². The molecule has 0 saturated carbocycles. The zero-order valence-electron chi connectivity index (χ0n) is 25.4. The lowest BCUT2D eigenvalue weighted by molar-refractivity contribution is -0.140. The quantitative estimate of drug-likeness (QED) is 0.240. The normalized spacial score (nSPS) is 13.8. The number of para-hydroxylation sites is 1. The summed E-state index contributed by atoms with van der Waals surface area (Å²) in [6.45, 7) is 5.14. The first-order valence-electron chi connectivity index (χ1n) is 15.0. The van der Waals surface area contributed by atoms with Gasteiger partial charge in [-0.2, -0.15) is 0 Å². The van der Waals surface area contributed by atoms with E-state index in [1.165, 1.54) is 0 Å². The number of ether oxygens (including phenoxy) is 2. The fourth-order valence-corrected chi connectivity index (χ4v) is 5.62. The smallest absolute Gasteiger partial charge is 0.251 e. The first-order chi connectivity index (χ1) is 22.0. The van der Waals surface area contributed by atoms with Crippen LogP contribution in [-0.4, -0.2) is 65.1 Å². The first-order valence-corrected chi connectivity index (χ1v) is 15.0. The Morgan fingerprint density at radius 3 is 2.49 bits per heavy atom. The van der Waals surface area contributed by atoms with Gasteiger partial charge in [-0.1, -0.05) is 53.7 Å². The van der Waals surface area contributed by atoms with Crippen LogP contribution in [0, 0.1) is 6.92 Å². The number of hydrogen-bond donors (Lipinski definition) is 1. The molecule has 2 heterocycles. The standard InChI is InChI=1S/C35H36N6O4/c1-25-8-3-4-9-27(25)23-40(33(42)24-41-32-13-6-5-12-31(32)37-38-41)34(26-10-7-11-30(22-26)44-2)35(43)36-28-14-16-29(17-15-28)39-18-20-45-21-19-39/h3-17,22,34H,18-21,23-24H2,1-2H3,(H,36,43). The predicted molar refractivity (Wildman–Crippen MR) is 173 cm³/mol. The number of morpholine rings is 1. The van der Waals surface area contributed by atoms with Gasteiger partial charge >= 0.3 is 0 Å². The summed E-state index contributed by atoms with van der Waals surface area (Å²) < 4.78 is 12.6. The molecule has 1 atom stereocenters. The van der Waals surface area contributed by atoms with Gasteiger partial charge in [0, 0.05) is 31.0 Å². The molecule has 2 amide bonds. The molecule has 0 aliphatic carbocycles. The molecule has 1 aromatic heterocycles. The van der Waals surface area contributed by atoms with E-state index in [1.807, 2.05) is 97.9 Å². The van der Waals surface area contributed by atoms with Crippen molar-refractivity contribution in [2.24, 2.45) is 0 Å². The predicted octanol–water partition coefficient (Wildman–Crippen LogP) is 4.99. The van der Waals surface area contributed by atoms with Crippen LogP contribution in [0.2, 0.25) is 0 Å². The Morgan fingerprint density at radius 2 is 1.71 bits per heavy atom. The third-order valence-electron chi connectivity index (χ3n) is 8.11. The number of rotatable bonds is 10. The zero-order chi connectivity index (χ0) is 31.2. The summed E-state index contributed by atoms with van der Waals surface area (Å²) in [7, 11) is 1.58. The second-order valence-corrected chi connectivity index (χ2v) is 11.0. The number of methoxy groups -OCH3 is 1. The topological polar surface area (TPSA) is 102 Å². The van der Waals surface area contributed by atoms with Crippen LogP contribution in [0.25, 0.3) is 11.0 Å². The third kappa shape index (κ3) is 6.81. The van der Waals surface area contributed by atoms with Gasteiger partial charge < -0.3 is 24.6 Å². The minimum absolute atomic E-state index is 0.0889. The molecule has 10 nitrogen and oxygen atoms in total. The molecule has 45 heavy (non-hydrogen) atoms. The van der Waals surface area contributed by atoms with Crippen LogP contribution in [-0.2, 0) is 27.4 Å². The first kappa shape index (κ1) is 29.8. The molecule has 1 aliphatic rings. The van der Waals surface area contributed by atoms with Crippen LogP contribution in [0.3, 0.4) is 0 Å². The number of carbonyl (C=O) groups excluding carboxylic acids is 2. The molecule has 5 aromatic rings. The van der Waals surface area contributed by atoms with Gasteiger partial charge in [0.25, 0.3) is 5.91 Å². The van der Waals surface area contributed by atoms with E-state index in [0.717, 1.165) is 35.4 Å². The van der Waals surface area contributed by atoms with Crippen LogP contribution in [0.4, 0.5) is 11.4 Å². The third-order valence-corrected chi connectivity index (χ3v) is 8.11. The van der Waals surface area contributed by atoms with Crippen LogP contribution in [0.1, 0.15) is 22.7 Å².